The summed E-state index contributed by atoms with van der Waals surface area (Å²) in [7, 11) is 3.58. The highest BCUT2D eigenvalue weighted by atomic mass is 32.2. The lowest BCUT2D eigenvalue weighted by Gasteiger charge is -2.35. The molecule has 0 amide bonds. The predicted octanol–water partition coefficient (Wildman–Crippen LogP) is 7.46. The maximum absolute atomic E-state index is 5.74. The molecular weight excluding hydrogens is 328 g/mol. The van der Waals surface area contributed by atoms with E-state index >= 15 is 0 Å². The average molecular weight is 375 g/mol. The molecule has 0 aromatic rings. The fourth-order valence-electron chi connectivity index (χ4n) is 3.42. The van der Waals surface area contributed by atoms with Crippen molar-refractivity contribution in [2.75, 3.05) is 25.7 Å². The molecule has 1 unspecified atom stereocenters. The number of unbranched alkanes of at least 4 members (excludes halogenated alkanes) is 8. The quantitative estimate of drug-likeness (QED) is 0.173. The van der Waals surface area contributed by atoms with Crippen molar-refractivity contribution < 1.29 is 9.47 Å². The Bertz CT molecular complexity index is 267. The van der Waals surface area contributed by atoms with Gasteiger partial charge in [0.2, 0.25) is 0 Å². The number of methoxy groups -OCH3 is 2. The van der Waals surface area contributed by atoms with Crippen molar-refractivity contribution in [3.63, 3.8) is 0 Å². The Labute approximate surface area is 163 Å². The normalized spacial score (nSPS) is 13.3. The highest BCUT2D eigenvalue weighted by Gasteiger charge is 2.33. The van der Waals surface area contributed by atoms with Gasteiger partial charge in [-0.3, -0.25) is 0 Å². The fourth-order valence-corrected chi connectivity index (χ4v) is 4.40. The Morgan fingerprint density at radius 1 is 0.680 bits per heavy atom. The van der Waals surface area contributed by atoms with E-state index in [1.54, 1.807) is 14.2 Å². The number of thioether (sulfide) groups is 1. The van der Waals surface area contributed by atoms with Crippen molar-refractivity contribution >= 4 is 11.8 Å². The van der Waals surface area contributed by atoms with Crippen molar-refractivity contribution in [3.8, 4) is 0 Å². The van der Waals surface area contributed by atoms with E-state index in [0.29, 0.717) is 5.92 Å². The molecule has 0 bridgehead atoms. The number of hydrogen-bond donors (Lipinski definition) is 0. The average Bonchev–Trinajstić information content (AvgIpc) is 2.64. The van der Waals surface area contributed by atoms with Crippen LogP contribution in [0, 0.1) is 5.92 Å². The number of rotatable bonds is 19. The molecule has 0 rings (SSSR count). The van der Waals surface area contributed by atoms with Crippen LogP contribution in [0.1, 0.15) is 104 Å². The van der Waals surface area contributed by atoms with E-state index in [9.17, 15) is 0 Å². The summed E-state index contributed by atoms with van der Waals surface area (Å²) in [5.41, 5.74) is 0. The molecule has 0 aromatic carbocycles. The summed E-state index contributed by atoms with van der Waals surface area (Å²) in [6.07, 6.45) is 17.4. The van der Waals surface area contributed by atoms with Crippen LogP contribution in [0.25, 0.3) is 0 Å². The van der Waals surface area contributed by atoms with E-state index in [4.69, 9.17) is 9.47 Å². The minimum Gasteiger partial charge on any atom is -0.353 e. The molecule has 0 aromatic heterocycles. The second-order valence-corrected chi connectivity index (χ2v) is 8.72. The summed E-state index contributed by atoms with van der Waals surface area (Å²) in [4.78, 5) is 0. The Morgan fingerprint density at radius 3 is 1.76 bits per heavy atom. The van der Waals surface area contributed by atoms with E-state index in [1.165, 1.54) is 95.0 Å². The van der Waals surface area contributed by atoms with Gasteiger partial charge in [0.05, 0.1) is 0 Å². The lowest BCUT2D eigenvalue weighted by atomic mass is 9.89. The van der Waals surface area contributed by atoms with Gasteiger partial charge in [-0.25, -0.2) is 0 Å². The van der Waals surface area contributed by atoms with Gasteiger partial charge in [-0.15, -0.1) is 0 Å². The first kappa shape index (κ1) is 25.3. The zero-order chi connectivity index (χ0) is 18.8. The fraction of sp³-hybridized carbons (Fsp3) is 1.00. The maximum atomic E-state index is 5.74. The highest BCUT2D eigenvalue weighted by Crippen LogP contribution is 2.31. The molecule has 1 atom stereocenters. The van der Waals surface area contributed by atoms with Gasteiger partial charge in [0.25, 0.3) is 0 Å². The van der Waals surface area contributed by atoms with E-state index in [2.05, 4.69) is 32.5 Å². The number of ether oxygens (including phenoxy) is 2. The molecule has 152 valence electrons. The lowest BCUT2D eigenvalue weighted by Crippen LogP contribution is -2.39. The topological polar surface area (TPSA) is 18.5 Å². The molecule has 25 heavy (non-hydrogen) atoms. The van der Waals surface area contributed by atoms with Crippen LogP contribution in [0.4, 0.5) is 0 Å². The summed E-state index contributed by atoms with van der Waals surface area (Å²) in [6, 6.07) is 0. The van der Waals surface area contributed by atoms with Crippen LogP contribution in [0.5, 0.6) is 0 Å². The first-order valence-electron chi connectivity index (χ1n) is 10.8. The van der Waals surface area contributed by atoms with Crippen LogP contribution in [-0.2, 0) is 9.47 Å². The zero-order valence-electron chi connectivity index (χ0n) is 17.9. The standard InChI is InChI=1S/C22H46O2S/c1-6-8-10-12-13-14-17-21(22(3,23-4)24-5)18-16-20-25-19-15-11-9-7-2/h21H,6-20H2,1-5H3. The molecule has 3 heteroatoms. The minimum absolute atomic E-state index is 0.421. The summed E-state index contributed by atoms with van der Waals surface area (Å²) in [6.45, 7) is 6.67. The Hall–Kier alpha value is 0.270. The summed E-state index contributed by atoms with van der Waals surface area (Å²) >= 11 is 2.13. The summed E-state index contributed by atoms with van der Waals surface area (Å²) in [5, 5.41) is 0. The van der Waals surface area contributed by atoms with Crippen molar-refractivity contribution in [3.05, 3.63) is 0 Å². The van der Waals surface area contributed by atoms with Crippen LogP contribution in [0.3, 0.4) is 0 Å². The predicted molar refractivity (Wildman–Crippen MR) is 115 cm³/mol. The SMILES string of the molecule is CCCCCCCCC(CCCSCCCCCC)C(C)(OC)OC. The minimum atomic E-state index is -0.421. The molecule has 0 radical (unpaired) electrons. The Balaban J connectivity index is 4.02. The molecule has 0 aliphatic heterocycles. The maximum Gasteiger partial charge on any atom is 0.167 e. The van der Waals surface area contributed by atoms with Gasteiger partial charge in [-0.2, -0.15) is 11.8 Å². The number of hydrogen-bond acceptors (Lipinski definition) is 3. The van der Waals surface area contributed by atoms with Crippen molar-refractivity contribution in [1.82, 2.24) is 0 Å². The van der Waals surface area contributed by atoms with E-state index in [1.807, 2.05) is 0 Å². The first-order valence-corrected chi connectivity index (χ1v) is 12.0. The second kappa shape index (κ2) is 17.7. The van der Waals surface area contributed by atoms with Crippen molar-refractivity contribution in [1.29, 1.82) is 0 Å². The highest BCUT2D eigenvalue weighted by molar-refractivity contribution is 7.99. The molecule has 2 nitrogen and oxygen atoms in total. The zero-order valence-corrected chi connectivity index (χ0v) is 18.7. The lowest BCUT2D eigenvalue weighted by molar-refractivity contribution is -0.230. The molecule has 0 aliphatic carbocycles. The summed E-state index contributed by atoms with van der Waals surface area (Å²) in [5.74, 6) is 2.69. The van der Waals surface area contributed by atoms with Crippen LogP contribution in [0.2, 0.25) is 0 Å². The van der Waals surface area contributed by atoms with Gasteiger partial charge < -0.3 is 9.47 Å². The van der Waals surface area contributed by atoms with Crippen LogP contribution >= 0.6 is 11.8 Å². The van der Waals surface area contributed by atoms with E-state index in [-0.39, 0.29) is 0 Å². The third kappa shape index (κ3) is 13.1. The van der Waals surface area contributed by atoms with E-state index in [0.717, 1.165) is 0 Å². The molecule has 0 saturated carbocycles. The molecule has 0 saturated heterocycles. The molecule has 0 N–H and O–H groups in total. The van der Waals surface area contributed by atoms with Crippen molar-refractivity contribution in [2.24, 2.45) is 5.92 Å². The molecule has 0 heterocycles. The second-order valence-electron chi connectivity index (χ2n) is 7.49. The van der Waals surface area contributed by atoms with Gasteiger partial charge in [-0.1, -0.05) is 71.6 Å². The van der Waals surface area contributed by atoms with Crippen LogP contribution in [0.15, 0.2) is 0 Å². The molecular formula is C22H46O2S. The van der Waals surface area contributed by atoms with E-state index < -0.39 is 5.79 Å². The Morgan fingerprint density at radius 2 is 1.16 bits per heavy atom. The van der Waals surface area contributed by atoms with Gasteiger partial charge in [0.1, 0.15) is 0 Å². The largest absolute Gasteiger partial charge is 0.353 e. The van der Waals surface area contributed by atoms with Gasteiger partial charge in [-0.05, 0) is 44.1 Å². The third-order valence-electron chi connectivity index (χ3n) is 5.44. The first-order chi connectivity index (χ1) is 12.1. The monoisotopic (exact) mass is 374 g/mol. The molecule has 0 aliphatic rings. The summed E-state index contributed by atoms with van der Waals surface area (Å²) < 4.78 is 11.5. The molecule has 0 fully saturated rings. The Kier molecular flexibility index (Phi) is 17.9. The van der Waals surface area contributed by atoms with Crippen LogP contribution in [-0.4, -0.2) is 31.5 Å². The van der Waals surface area contributed by atoms with Gasteiger partial charge >= 0.3 is 0 Å². The third-order valence-corrected chi connectivity index (χ3v) is 6.60. The van der Waals surface area contributed by atoms with Gasteiger partial charge in [0.15, 0.2) is 5.79 Å². The molecule has 0 spiro atoms. The van der Waals surface area contributed by atoms with Crippen molar-refractivity contribution in [2.45, 2.75) is 110 Å². The van der Waals surface area contributed by atoms with Crippen LogP contribution < -0.4 is 0 Å². The van der Waals surface area contributed by atoms with Gasteiger partial charge in [0, 0.05) is 20.1 Å². The smallest absolute Gasteiger partial charge is 0.167 e.